The van der Waals surface area contributed by atoms with Crippen molar-refractivity contribution in [3.63, 3.8) is 0 Å². The first-order valence-corrected chi connectivity index (χ1v) is 7.02. The Bertz CT molecular complexity index is 479. The second-order valence-corrected chi connectivity index (χ2v) is 5.33. The van der Waals surface area contributed by atoms with Gasteiger partial charge in [-0.05, 0) is 24.1 Å². The van der Waals surface area contributed by atoms with Crippen LogP contribution in [0.5, 0.6) is 5.75 Å². The number of carbonyl (C=O) groups is 1. The number of aryl methyl sites for hydroxylation is 1. The quantitative estimate of drug-likeness (QED) is 0.843. The van der Waals surface area contributed by atoms with Gasteiger partial charge in [0.25, 0.3) is 5.91 Å². The molecule has 0 aliphatic rings. The average Bonchev–Trinajstić information content (AvgIpc) is 2.25. The molecular weight excluding hydrogens is 242 g/mol. The normalized spacial score (nSPS) is 10.9. The maximum absolute atomic E-state index is 11.1. The van der Waals surface area contributed by atoms with Gasteiger partial charge in [0.2, 0.25) is 10.0 Å². The standard InChI is InChI=1S/C11H15NO4S/c1-3-9-4-6-10(7-5-9)16-8-11(13)12-17(2,14)15/h4-7H,3,8H2,1-2H3,(H,12,13). The molecule has 0 fully saturated rings. The van der Waals surface area contributed by atoms with E-state index in [0.29, 0.717) is 5.75 Å². The molecule has 0 radical (unpaired) electrons. The van der Waals surface area contributed by atoms with Crippen LogP contribution in [0.2, 0.25) is 0 Å². The number of hydrogen-bond acceptors (Lipinski definition) is 4. The summed E-state index contributed by atoms with van der Waals surface area (Å²) in [5, 5.41) is 0. The van der Waals surface area contributed by atoms with Gasteiger partial charge in [-0.25, -0.2) is 8.42 Å². The summed E-state index contributed by atoms with van der Waals surface area (Å²) in [5.74, 6) is -0.155. The number of amides is 1. The number of benzene rings is 1. The largest absolute Gasteiger partial charge is 0.484 e. The molecule has 0 aliphatic heterocycles. The number of hydrogen-bond donors (Lipinski definition) is 1. The van der Waals surface area contributed by atoms with E-state index in [0.717, 1.165) is 18.2 Å². The minimum atomic E-state index is -3.52. The fourth-order valence-corrected chi connectivity index (χ4v) is 1.68. The first-order chi connectivity index (χ1) is 7.90. The SMILES string of the molecule is CCc1ccc(OCC(=O)NS(C)(=O)=O)cc1. The van der Waals surface area contributed by atoms with Crippen molar-refractivity contribution in [1.29, 1.82) is 0 Å². The van der Waals surface area contributed by atoms with Gasteiger partial charge in [0, 0.05) is 0 Å². The van der Waals surface area contributed by atoms with Gasteiger partial charge in [-0.1, -0.05) is 19.1 Å². The maximum atomic E-state index is 11.1. The van der Waals surface area contributed by atoms with E-state index in [4.69, 9.17) is 4.74 Å². The van der Waals surface area contributed by atoms with E-state index < -0.39 is 15.9 Å². The van der Waals surface area contributed by atoms with Crippen LogP contribution in [0, 0.1) is 0 Å². The molecule has 1 rings (SSSR count). The van der Waals surface area contributed by atoms with Crippen LogP contribution in [0.15, 0.2) is 24.3 Å². The number of ether oxygens (including phenoxy) is 1. The predicted molar refractivity (Wildman–Crippen MR) is 64.3 cm³/mol. The summed E-state index contributed by atoms with van der Waals surface area (Å²) in [5.41, 5.74) is 1.16. The topological polar surface area (TPSA) is 72.5 Å². The van der Waals surface area contributed by atoms with Crippen molar-refractivity contribution in [1.82, 2.24) is 4.72 Å². The van der Waals surface area contributed by atoms with Crippen LogP contribution in [-0.4, -0.2) is 27.2 Å². The summed E-state index contributed by atoms with van der Waals surface area (Å²) < 4.78 is 28.5. The third-order valence-electron chi connectivity index (χ3n) is 2.00. The second-order valence-electron chi connectivity index (χ2n) is 3.58. The van der Waals surface area contributed by atoms with Gasteiger partial charge < -0.3 is 4.74 Å². The van der Waals surface area contributed by atoms with Crippen LogP contribution < -0.4 is 9.46 Å². The molecule has 0 saturated carbocycles. The number of nitrogens with one attached hydrogen (secondary N) is 1. The number of rotatable bonds is 5. The van der Waals surface area contributed by atoms with Crippen LogP contribution in [0.25, 0.3) is 0 Å². The highest BCUT2D eigenvalue weighted by Gasteiger charge is 2.08. The average molecular weight is 257 g/mol. The summed E-state index contributed by atoms with van der Waals surface area (Å²) in [6.45, 7) is 1.72. The fourth-order valence-electron chi connectivity index (χ4n) is 1.21. The van der Waals surface area contributed by atoms with E-state index in [1.165, 1.54) is 0 Å². The minimum absolute atomic E-state index is 0.321. The molecule has 0 bridgehead atoms. The zero-order valence-corrected chi connectivity index (χ0v) is 10.6. The van der Waals surface area contributed by atoms with Crippen LogP contribution in [0.3, 0.4) is 0 Å². The predicted octanol–water partition coefficient (Wildman–Crippen LogP) is 0.704. The van der Waals surface area contributed by atoms with E-state index >= 15 is 0 Å². The third-order valence-corrected chi connectivity index (χ3v) is 2.60. The van der Waals surface area contributed by atoms with Gasteiger partial charge in [0.15, 0.2) is 6.61 Å². The molecule has 5 nitrogen and oxygen atoms in total. The van der Waals surface area contributed by atoms with Crippen molar-refractivity contribution in [2.75, 3.05) is 12.9 Å². The van der Waals surface area contributed by atoms with Crippen LogP contribution >= 0.6 is 0 Å². The lowest BCUT2D eigenvalue weighted by molar-refractivity contribution is -0.121. The van der Waals surface area contributed by atoms with Crippen molar-refractivity contribution in [3.05, 3.63) is 29.8 Å². The van der Waals surface area contributed by atoms with E-state index in [1.807, 2.05) is 23.8 Å². The molecule has 6 heteroatoms. The second kappa shape index (κ2) is 5.67. The molecule has 94 valence electrons. The zero-order chi connectivity index (χ0) is 12.9. The van der Waals surface area contributed by atoms with Crippen LogP contribution in [-0.2, 0) is 21.2 Å². The summed E-state index contributed by atoms with van der Waals surface area (Å²) in [4.78, 5) is 11.1. The Kier molecular flexibility index (Phi) is 4.51. The van der Waals surface area contributed by atoms with Gasteiger partial charge in [-0.15, -0.1) is 0 Å². The van der Waals surface area contributed by atoms with Gasteiger partial charge >= 0.3 is 0 Å². The molecule has 0 aliphatic carbocycles. The summed E-state index contributed by atoms with van der Waals surface area (Å²) >= 11 is 0. The maximum Gasteiger partial charge on any atom is 0.271 e. The first-order valence-electron chi connectivity index (χ1n) is 5.13. The molecule has 1 N–H and O–H groups in total. The Labute approximate surface area is 101 Å². The molecule has 17 heavy (non-hydrogen) atoms. The molecule has 1 aromatic rings. The summed E-state index contributed by atoms with van der Waals surface area (Å²) in [6.07, 6.45) is 1.84. The van der Waals surface area contributed by atoms with Crippen molar-refractivity contribution in [2.24, 2.45) is 0 Å². The highest BCUT2D eigenvalue weighted by atomic mass is 32.2. The summed E-state index contributed by atoms with van der Waals surface area (Å²) in [6, 6.07) is 7.27. The fraction of sp³-hybridized carbons (Fsp3) is 0.364. The zero-order valence-electron chi connectivity index (χ0n) is 9.76. The van der Waals surface area contributed by atoms with Crippen LogP contribution in [0.4, 0.5) is 0 Å². The van der Waals surface area contributed by atoms with E-state index in [1.54, 1.807) is 12.1 Å². The van der Waals surface area contributed by atoms with E-state index in [-0.39, 0.29) is 6.61 Å². The molecule has 1 aromatic carbocycles. The smallest absolute Gasteiger partial charge is 0.271 e. The Balaban J connectivity index is 2.47. The molecule has 0 unspecified atom stereocenters. The van der Waals surface area contributed by atoms with Gasteiger partial charge in [-0.2, -0.15) is 0 Å². The molecule has 0 spiro atoms. The lowest BCUT2D eigenvalue weighted by Gasteiger charge is -2.06. The van der Waals surface area contributed by atoms with Crippen molar-refractivity contribution < 1.29 is 17.9 Å². The lowest BCUT2D eigenvalue weighted by Crippen LogP contribution is -2.33. The lowest BCUT2D eigenvalue weighted by atomic mass is 10.2. The van der Waals surface area contributed by atoms with Crippen molar-refractivity contribution in [2.45, 2.75) is 13.3 Å². The molecule has 0 saturated heterocycles. The molecule has 0 aromatic heterocycles. The highest BCUT2D eigenvalue weighted by Crippen LogP contribution is 2.12. The molecular formula is C11H15NO4S. The minimum Gasteiger partial charge on any atom is -0.484 e. The Morgan fingerprint density at radius 1 is 1.29 bits per heavy atom. The first kappa shape index (κ1) is 13.5. The van der Waals surface area contributed by atoms with E-state index in [2.05, 4.69) is 0 Å². The van der Waals surface area contributed by atoms with Gasteiger partial charge in [0.05, 0.1) is 6.26 Å². The van der Waals surface area contributed by atoms with E-state index in [9.17, 15) is 13.2 Å². The Hall–Kier alpha value is -1.56. The van der Waals surface area contributed by atoms with Crippen LogP contribution in [0.1, 0.15) is 12.5 Å². The van der Waals surface area contributed by atoms with Gasteiger partial charge in [-0.3, -0.25) is 9.52 Å². The van der Waals surface area contributed by atoms with Crippen molar-refractivity contribution in [3.8, 4) is 5.75 Å². The van der Waals surface area contributed by atoms with Crippen molar-refractivity contribution >= 4 is 15.9 Å². The number of sulfonamides is 1. The Morgan fingerprint density at radius 2 is 1.88 bits per heavy atom. The summed E-state index contributed by atoms with van der Waals surface area (Å²) in [7, 11) is -3.52. The highest BCUT2D eigenvalue weighted by molar-refractivity contribution is 7.89. The number of carbonyl (C=O) groups excluding carboxylic acids is 1. The van der Waals surface area contributed by atoms with Gasteiger partial charge in [0.1, 0.15) is 5.75 Å². The Morgan fingerprint density at radius 3 is 2.35 bits per heavy atom. The molecule has 0 atom stereocenters. The monoisotopic (exact) mass is 257 g/mol. The molecule has 0 heterocycles. The third kappa shape index (κ3) is 5.35. The molecule has 1 amide bonds.